The number of rotatable bonds is 4. The van der Waals surface area contributed by atoms with Gasteiger partial charge in [0.1, 0.15) is 0 Å². The van der Waals surface area contributed by atoms with Gasteiger partial charge in [0, 0.05) is 11.0 Å². The van der Waals surface area contributed by atoms with Crippen LogP contribution in [0.3, 0.4) is 0 Å². The molecule has 0 spiro atoms. The maximum atomic E-state index is 8.48. The third-order valence-corrected chi connectivity index (χ3v) is 2.51. The highest BCUT2D eigenvalue weighted by Gasteiger charge is 1.98. The number of halogens is 1. The smallest absolute Gasteiger partial charge is 0.0863 e. The third kappa shape index (κ3) is 3.91. The maximum absolute atomic E-state index is 8.48. The Morgan fingerprint density at radius 3 is 2.93 bits per heavy atom. The van der Waals surface area contributed by atoms with Crippen LogP contribution in [0.15, 0.2) is 28.7 Å². The van der Waals surface area contributed by atoms with Crippen LogP contribution in [-0.2, 0) is 6.42 Å². The van der Waals surface area contributed by atoms with Crippen LogP contribution in [0.25, 0.3) is 0 Å². The minimum atomic E-state index is 0.494. The first-order chi connectivity index (χ1) is 6.72. The van der Waals surface area contributed by atoms with Gasteiger partial charge >= 0.3 is 0 Å². The fourth-order valence-electron chi connectivity index (χ4n) is 1.21. The van der Waals surface area contributed by atoms with Gasteiger partial charge < -0.3 is 0 Å². The van der Waals surface area contributed by atoms with Gasteiger partial charge in [0.25, 0.3) is 0 Å². The molecule has 0 saturated carbocycles. The highest BCUT2D eigenvalue weighted by Crippen LogP contribution is 2.12. The molecule has 0 N–H and O–H groups in total. The molecule has 74 valence electrons. The molecule has 0 atom stereocenters. The summed E-state index contributed by atoms with van der Waals surface area (Å²) in [6.45, 7) is 1.41. The fourth-order valence-corrected chi connectivity index (χ4v) is 1.66. The van der Waals surface area contributed by atoms with Crippen LogP contribution < -0.4 is 0 Å². The second kappa shape index (κ2) is 5.79. The lowest BCUT2D eigenvalue weighted by atomic mass is 10.1. The van der Waals surface area contributed by atoms with Gasteiger partial charge in [-0.05, 0) is 31.2 Å². The van der Waals surface area contributed by atoms with Crippen molar-refractivity contribution in [2.75, 3.05) is 20.1 Å². The summed E-state index contributed by atoms with van der Waals surface area (Å²) in [6, 6.07) is 10.4. The van der Waals surface area contributed by atoms with E-state index in [-0.39, 0.29) is 0 Å². The second-order valence-electron chi connectivity index (χ2n) is 3.28. The van der Waals surface area contributed by atoms with Gasteiger partial charge in [-0.25, -0.2) is 0 Å². The first kappa shape index (κ1) is 11.2. The Kier molecular flexibility index (Phi) is 4.64. The normalized spacial score (nSPS) is 10.1. The molecule has 0 saturated heterocycles. The van der Waals surface area contributed by atoms with E-state index in [4.69, 9.17) is 5.26 Å². The quantitative estimate of drug-likeness (QED) is 0.770. The van der Waals surface area contributed by atoms with Crippen LogP contribution >= 0.6 is 15.9 Å². The van der Waals surface area contributed by atoms with Crippen molar-refractivity contribution >= 4 is 15.9 Å². The average molecular weight is 253 g/mol. The van der Waals surface area contributed by atoms with Gasteiger partial charge in [0.05, 0.1) is 12.6 Å². The van der Waals surface area contributed by atoms with Crippen molar-refractivity contribution in [3.63, 3.8) is 0 Å². The fraction of sp³-hybridized carbons (Fsp3) is 0.364. The minimum Gasteiger partial charge on any atom is -0.293 e. The Morgan fingerprint density at radius 1 is 1.50 bits per heavy atom. The molecule has 2 nitrogen and oxygen atoms in total. The predicted molar refractivity (Wildman–Crippen MR) is 61.0 cm³/mol. The third-order valence-electron chi connectivity index (χ3n) is 2.01. The zero-order valence-electron chi connectivity index (χ0n) is 8.20. The summed E-state index contributed by atoms with van der Waals surface area (Å²) in [7, 11) is 1.96. The van der Waals surface area contributed by atoms with Crippen molar-refractivity contribution in [2.45, 2.75) is 6.42 Å². The number of hydrogen-bond acceptors (Lipinski definition) is 2. The average Bonchev–Trinajstić information content (AvgIpc) is 2.15. The number of hydrogen-bond donors (Lipinski definition) is 0. The van der Waals surface area contributed by atoms with Crippen LogP contribution in [0.4, 0.5) is 0 Å². The largest absolute Gasteiger partial charge is 0.293 e. The summed E-state index contributed by atoms with van der Waals surface area (Å²) in [6.07, 6.45) is 0.984. The molecular formula is C11H13BrN2. The monoisotopic (exact) mass is 252 g/mol. The summed E-state index contributed by atoms with van der Waals surface area (Å²) in [5, 5.41) is 8.48. The molecule has 0 fully saturated rings. The SMILES string of the molecule is CN(CC#N)CCc1cccc(Br)c1. The number of likely N-dealkylation sites (N-methyl/N-ethyl adjacent to an activating group) is 1. The molecule has 0 heterocycles. The number of benzene rings is 1. The predicted octanol–water partition coefficient (Wildman–Crippen LogP) is 2.45. The van der Waals surface area contributed by atoms with E-state index < -0.39 is 0 Å². The van der Waals surface area contributed by atoms with E-state index in [1.165, 1.54) is 5.56 Å². The first-order valence-electron chi connectivity index (χ1n) is 4.52. The van der Waals surface area contributed by atoms with Crippen LogP contribution in [-0.4, -0.2) is 25.0 Å². The van der Waals surface area contributed by atoms with Crippen LogP contribution in [0.2, 0.25) is 0 Å². The van der Waals surface area contributed by atoms with Crippen LogP contribution in [0, 0.1) is 11.3 Å². The lowest BCUT2D eigenvalue weighted by molar-refractivity contribution is 0.379. The van der Waals surface area contributed by atoms with Crippen molar-refractivity contribution in [3.8, 4) is 6.07 Å². The lowest BCUT2D eigenvalue weighted by Gasteiger charge is -2.11. The molecule has 14 heavy (non-hydrogen) atoms. The van der Waals surface area contributed by atoms with E-state index in [1.807, 2.05) is 24.1 Å². The molecule has 1 rings (SSSR count). The second-order valence-corrected chi connectivity index (χ2v) is 4.19. The number of nitriles is 1. The summed E-state index contributed by atoms with van der Waals surface area (Å²) < 4.78 is 1.11. The standard InChI is InChI=1S/C11H13BrN2/c1-14(8-6-13)7-5-10-3-2-4-11(12)9-10/h2-4,9H,5,7-8H2,1H3. The van der Waals surface area contributed by atoms with Gasteiger partial charge in [0.2, 0.25) is 0 Å². The van der Waals surface area contributed by atoms with E-state index >= 15 is 0 Å². The molecule has 0 aliphatic carbocycles. The molecule has 0 unspecified atom stereocenters. The van der Waals surface area contributed by atoms with Crippen molar-refractivity contribution in [1.82, 2.24) is 4.90 Å². The molecule has 1 aromatic carbocycles. The summed E-state index contributed by atoms with van der Waals surface area (Å²) in [5.74, 6) is 0. The summed E-state index contributed by atoms with van der Waals surface area (Å²) in [5.41, 5.74) is 1.30. The maximum Gasteiger partial charge on any atom is 0.0863 e. The van der Waals surface area contributed by atoms with Crippen molar-refractivity contribution in [1.29, 1.82) is 5.26 Å². The molecule has 0 radical (unpaired) electrons. The molecule has 0 aliphatic heterocycles. The van der Waals surface area contributed by atoms with Crippen LogP contribution in [0.5, 0.6) is 0 Å². The molecule has 3 heteroatoms. The van der Waals surface area contributed by atoms with Crippen molar-refractivity contribution in [3.05, 3.63) is 34.3 Å². The minimum absolute atomic E-state index is 0.494. The Bertz CT molecular complexity index is 330. The highest BCUT2D eigenvalue weighted by molar-refractivity contribution is 9.10. The Balaban J connectivity index is 2.42. The van der Waals surface area contributed by atoms with Gasteiger partial charge in [0.15, 0.2) is 0 Å². The van der Waals surface area contributed by atoms with E-state index in [1.54, 1.807) is 0 Å². The highest BCUT2D eigenvalue weighted by atomic mass is 79.9. The Morgan fingerprint density at radius 2 is 2.29 bits per heavy atom. The van der Waals surface area contributed by atoms with E-state index in [0.717, 1.165) is 17.4 Å². The first-order valence-corrected chi connectivity index (χ1v) is 5.31. The lowest BCUT2D eigenvalue weighted by Crippen LogP contribution is -2.21. The van der Waals surface area contributed by atoms with E-state index in [0.29, 0.717) is 6.54 Å². The summed E-state index contributed by atoms with van der Waals surface area (Å²) >= 11 is 3.43. The molecule has 0 amide bonds. The Labute approximate surface area is 93.3 Å². The molecule has 1 aromatic rings. The molecule has 0 aliphatic rings. The molecule has 0 bridgehead atoms. The van der Waals surface area contributed by atoms with Crippen LogP contribution in [0.1, 0.15) is 5.56 Å². The van der Waals surface area contributed by atoms with Crippen molar-refractivity contribution < 1.29 is 0 Å². The van der Waals surface area contributed by atoms with Gasteiger partial charge in [-0.1, -0.05) is 28.1 Å². The zero-order valence-corrected chi connectivity index (χ0v) is 9.79. The van der Waals surface area contributed by atoms with E-state index in [2.05, 4.69) is 34.1 Å². The Hall–Kier alpha value is -0.850. The van der Waals surface area contributed by atoms with Gasteiger partial charge in [-0.15, -0.1) is 0 Å². The zero-order chi connectivity index (χ0) is 10.4. The van der Waals surface area contributed by atoms with Gasteiger partial charge in [-0.2, -0.15) is 5.26 Å². The molecule has 0 aromatic heterocycles. The summed E-state index contributed by atoms with van der Waals surface area (Å²) in [4.78, 5) is 2.01. The van der Waals surface area contributed by atoms with Crippen molar-refractivity contribution in [2.24, 2.45) is 0 Å². The van der Waals surface area contributed by atoms with E-state index in [9.17, 15) is 0 Å². The molecular weight excluding hydrogens is 240 g/mol. The van der Waals surface area contributed by atoms with Gasteiger partial charge in [-0.3, -0.25) is 4.90 Å². The number of nitrogens with zero attached hydrogens (tertiary/aromatic N) is 2. The topological polar surface area (TPSA) is 27.0 Å².